The van der Waals surface area contributed by atoms with Crippen LogP contribution < -0.4 is 5.32 Å². The van der Waals surface area contributed by atoms with E-state index in [9.17, 15) is 14.4 Å². The van der Waals surface area contributed by atoms with Gasteiger partial charge in [0.25, 0.3) is 17.7 Å². The van der Waals surface area contributed by atoms with Crippen molar-refractivity contribution < 1.29 is 14.4 Å². The minimum absolute atomic E-state index is 0.234. The maximum atomic E-state index is 12.5. The van der Waals surface area contributed by atoms with Crippen LogP contribution in [0.3, 0.4) is 0 Å². The number of hydrogen-bond acceptors (Lipinski definition) is 5. The Balaban J connectivity index is 1.54. The van der Waals surface area contributed by atoms with Crippen LogP contribution in [-0.2, 0) is 0 Å². The molecule has 1 aliphatic heterocycles. The number of amides is 3. The van der Waals surface area contributed by atoms with Crippen LogP contribution in [-0.4, -0.2) is 44.4 Å². The fourth-order valence-electron chi connectivity index (χ4n) is 3.15. The molecule has 3 heterocycles. The van der Waals surface area contributed by atoms with E-state index in [1.165, 1.54) is 25.2 Å². The third-order valence-corrected chi connectivity index (χ3v) is 4.58. The van der Waals surface area contributed by atoms with Crippen molar-refractivity contribution in [3.63, 3.8) is 0 Å². The molecule has 1 aliphatic rings. The predicted octanol–water partition coefficient (Wildman–Crippen LogP) is 2.36. The van der Waals surface area contributed by atoms with E-state index in [0.29, 0.717) is 17.1 Å². The van der Waals surface area contributed by atoms with Gasteiger partial charge in [-0.1, -0.05) is 0 Å². The van der Waals surface area contributed by atoms with Gasteiger partial charge in [0.1, 0.15) is 0 Å². The van der Waals surface area contributed by atoms with Gasteiger partial charge >= 0.3 is 0 Å². The molecule has 0 bridgehead atoms. The van der Waals surface area contributed by atoms with Crippen molar-refractivity contribution in [2.45, 2.75) is 13.8 Å². The van der Waals surface area contributed by atoms with E-state index >= 15 is 0 Å². The summed E-state index contributed by atoms with van der Waals surface area (Å²) in [5, 5.41) is 7.12. The average Bonchev–Trinajstić information content (AvgIpc) is 3.13. The zero-order chi connectivity index (χ0) is 20.0. The number of benzene rings is 1. The SMILES string of the molecule is Cc1cc(C)n(-c2ccc(NC(=O)c3ccc4c(c3)C(=O)N(C)C4=O)cn2)n1. The summed E-state index contributed by atoms with van der Waals surface area (Å²) in [4.78, 5) is 41.9. The highest BCUT2D eigenvalue weighted by atomic mass is 16.2. The topological polar surface area (TPSA) is 97.2 Å². The minimum Gasteiger partial charge on any atom is -0.321 e. The Morgan fingerprint density at radius 2 is 1.75 bits per heavy atom. The van der Waals surface area contributed by atoms with E-state index in [-0.39, 0.29) is 17.0 Å². The van der Waals surface area contributed by atoms with Gasteiger partial charge in [0.2, 0.25) is 0 Å². The van der Waals surface area contributed by atoms with E-state index in [4.69, 9.17) is 0 Å². The molecule has 1 aromatic carbocycles. The van der Waals surface area contributed by atoms with Gasteiger partial charge in [-0.15, -0.1) is 0 Å². The molecule has 4 rings (SSSR count). The van der Waals surface area contributed by atoms with Gasteiger partial charge in [-0.25, -0.2) is 9.67 Å². The van der Waals surface area contributed by atoms with Crippen LogP contribution >= 0.6 is 0 Å². The fraction of sp³-hybridized carbons (Fsp3) is 0.150. The molecule has 0 atom stereocenters. The second-order valence-corrected chi connectivity index (χ2v) is 6.63. The fourth-order valence-corrected chi connectivity index (χ4v) is 3.15. The molecule has 0 saturated heterocycles. The van der Waals surface area contributed by atoms with Crippen molar-refractivity contribution in [2.75, 3.05) is 12.4 Å². The predicted molar refractivity (Wildman–Crippen MR) is 102 cm³/mol. The first-order valence-corrected chi connectivity index (χ1v) is 8.62. The Morgan fingerprint density at radius 1 is 1.00 bits per heavy atom. The van der Waals surface area contributed by atoms with Crippen molar-refractivity contribution >= 4 is 23.4 Å². The van der Waals surface area contributed by atoms with Gasteiger partial charge in [0.15, 0.2) is 5.82 Å². The number of rotatable bonds is 3. The van der Waals surface area contributed by atoms with Gasteiger partial charge in [0, 0.05) is 18.3 Å². The quantitative estimate of drug-likeness (QED) is 0.709. The molecule has 8 nitrogen and oxygen atoms in total. The molecule has 0 unspecified atom stereocenters. The van der Waals surface area contributed by atoms with E-state index in [0.717, 1.165) is 16.3 Å². The number of aromatic nitrogens is 3. The van der Waals surface area contributed by atoms with Crippen LogP contribution in [0.5, 0.6) is 0 Å². The molecule has 28 heavy (non-hydrogen) atoms. The number of anilines is 1. The normalized spacial score (nSPS) is 13.0. The second kappa shape index (κ2) is 6.41. The molecule has 3 amide bonds. The Bertz CT molecular complexity index is 1130. The first kappa shape index (κ1) is 17.6. The summed E-state index contributed by atoms with van der Waals surface area (Å²) >= 11 is 0. The summed E-state index contributed by atoms with van der Waals surface area (Å²) in [6, 6.07) is 9.90. The zero-order valence-electron chi connectivity index (χ0n) is 15.6. The molecule has 1 N–H and O–H groups in total. The lowest BCUT2D eigenvalue weighted by atomic mass is 10.1. The number of nitrogens with one attached hydrogen (secondary N) is 1. The van der Waals surface area contributed by atoms with E-state index in [2.05, 4.69) is 15.4 Å². The van der Waals surface area contributed by atoms with Gasteiger partial charge in [-0.3, -0.25) is 19.3 Å². The Hall–Kier alpha value is -3.81. The molecule has 0 saturated carbocycles. The molecule has 3 aromatic rings. The number of fused-ring (bicyclic) bond motifs is 1. The van der Waals surface area contributed by atoms with Crippen molar-refractivity contribution in [3.8, 4) is 5.82 Å². The lowest BCUT2D eigenvalue weighted by Crippen LogP contribution is -2.24. The molecule has 0 radical (unpaired) electrons. The van der Waals surface area contributed by atoms with E-state index in [1.807, 2.05) is 19.9 Å². The van der Waals surface area contributed by atoms with Crippen molar-refractivity contribution in [2.24, 2.45) is 0 Å². The number of nitrogens with zero attached hydrogens (tertiary/aromatic N) is 4. The Labute approximate surface area is 160 Å². The summed E-state index contributed by atoms with van der Waals surface area (Å²) in [5.74, 6) is -0.520. The monoisotopic (exact) mass is 375 g/mol. The van der Waals surface area contributed by atoms with Gasteiger partial charge in [-0.2, -0.15) is 5.10 Å². The van der Waals surface area contributed by atoms with E-state index in [1.54, 1.807) is 23.0 Å². The number of hydrogen-bond donors (Lipinski definition) is 1. The van der Waals surface area contributed by atoms with Crippen LogP contribution in [0, 0.1) is 13.8 Å². The van der Waals surface area contributed by atoms with Crippen molar-refractivity contribution in [1.82, 2.24) is 19.7 Å². The lowest BCUT2D eigenvalue weighted by Gasteiger charge is -2.08. The van der Waals surface area contributed by atoms with Gasteiger partial charge < -0.3 is 5.32 Å². The van der Waals surface area contributed by atoms with E-state index < -0.39 is 11.8 Å². The van der Waals surface area contributed by atoms with Crippen LogP contribution in [0.25, 0.3) is 5.82 Å². The standard InChI is InChI=1S/C20H17N5O3/c1-11-8-12(2)25(23-11)17-7-5-14(10-21-17)22-18(26)13-4-6-15-16(9-13)20(28)24(3)19(15)27/h4-10H,1-3H3,(H,22,26). The summed E-state index contributed by atoms with van der Waals surface area (Å²) in [6.07, 6.45) is 1.54. The number of pyridine rings is 1. The maximum Gasteiger partial charge on any atom is 0.261 e. The maximum absolute atomic E-state index is 12.5. The smallest absolute Gasteiger partial charge is 0.261 e. The van der Waals surface area contributed by atoms with Gasteiger partial charge in [0.05, 0.1) is 28.7 Å². The third-order valence-electron chi connectivity index (χ3n) is 4.58. The zero-order valence-corrected chi connectivity index (χ0v) is 15.6. The molecule has 2 aromatic heterocycles. The third kappa shape index (κ3) is 2.84. The summed E-state index contributed by atoms with van der Waals surface area (Å²) in [5.41, 5.74) is 3.20. The molecular formula is C20H17N5O3. The largest absolute Gasteiger partial charge is 0.321 e. The lowest BCUT2D eigenvalue weighted by molar-refractivity contribution is 0.0693. The van der Waals surface area contributed by atoms with Crippen LogP contribution in [0.1, 0.15) is 42.5 Å². The first-order valence-electron chi connectivity index (χ1n) is 8.62. The second-order valence-electron chi connectivity index (χ2n) is 6.63. The molecule has 0 aliphatic carbocycles. The van der Waals surface area contributed by atoms with Crippen LogP contribution in [0.2, 0.25) is 0 Å². The highest BCUT2D eigenvalue weighted by molar-refractivity contribution is 6.22. The summed E-state index contributed by atoms with van der Waals surface area (Å²) in [7, 11) is 1.42. The molecule has 0 spiro atoms. The highest BCUT2D eigenvalue weighted by Crippen LogP contribution is 2.23. The number of aryl methyl sites for hydroxylation is 2. The van der Waals surface area contributed by atoms with Gasteiger partial charge in [-0.05, 0) is 50.2 Å². The summed E-state index contributed by atoms with van der Waals surface area (Å²) < 4.78 is 1.72. The minimum atomic E-state index is -0.412. The van der Waals surface area contributed by atoms with Crippen LogP contribution in [0.4, 0.5) is 5.69 Å². The van der Waals surface area contributed by atoms with Crippen LogP contribution in [0.15, 0.2) is 42.6 Å². The molecule has 0 fully saturated rings. The average molecular weight is 375 g/mol. The number of imide groups is 1. The number of carbonyl (C=O) groups excluding carboxylic acids is 3. The van der Waals surface area contributed by atoms with Crippen molar-refractivity contribution in [3.05, 3.63) is 70.7 Å². The van der Waals surface area contributed by atoms with Crippen molar-refractivity contribution in [1.29, 1.82) is 0 Å². The molecule has 140 valence electrons. The Kier molecular flexibility index (Phi) is 4.03. The first-order chi connectivity index (χ1) is 13.3. The highest BCUT2D eigenvalue weighted by Gasteiger charge is 2.33. The number of carbonyl (C=O) groups is 3. The molecular weight excluding hydrogens is 358 g/mol. The summed E-state index contributed by atoms with van der Waals surface area (Å²) in [6.45, 7) is 3.85. The Morgan fingerprint density at radius 3 is 2.39 bits per heavy atom. The molecule has 8 heteroatoms.